The zero-order valence-electron chi connectivity index (χ0n) is 30.4. The van der Waals surface area contributed by atoms with Gasteiger partial charge in [0.05, 0.1) is 28.3 Å². The van der Waals surface area contributed by atoms with Crippen LogP contribution in [0.25, 0.3) is 55.4 Å². The molecule has 8 aromatic rings. The number of carbonyl (C=O) groups excluding carboxylic acids is 1. The van der Waals surface area contributed by atoms with E-state index in [0.717, 1.165) is 40.0 Å². The minimum Gasteiger partial charge on any atom is -0.388 e. The van der Waals surface area contributed by atoms with E-state index in [1.165, 1.54) is 53.8 Å². The fourth-order valence-corrected chi connectivity index (χ4v) is 5.75. The second kappa shape index (κ2) is 19.0. The standard InChI is InChI=1S/2C15H11N.C13H10.C3H6O.C2H6N2/c2*1-2-6-12(7-3-1)15-11-10-13-8-4-5-9-14(13)16-15;1-3-7-12-10(5-1)9-11-6-2-4-8-13(11)12;1-3(2)4;1-2(3)4/h2*1-11H;1-8H,9H2;1-2H3;1H3,(H3,3,4). The molecule has 0 spiro atoms. The maximum Gasteiger partial charge on any atom is 0.126 e. The Balaban J connectivity index is 0.000000140. The molecule has 0 fully saturated rings. The van der Waals surface area contributed by atoms with Crippen molar-refractivity contribution in [3.63, 3.8) is 0 Å². The van der Waals surface area contributed by atoms with Crippen molar-refractivity contribution in [2.75, 3.05) is 0 Å². The van der Waals surface area contributed by atoms with Gasteiger partial charge in [0.2, 0.25) is 0 Å². The number of nitrogens with zero attached hydrogens (tertiary/aromatic N) is 2. The SMILES string of the molecule is CC(=N)N.CC(C)=O.c1ccc(-c2ccc3ccccc3n2)cc1.c1ccc(-c2ccc3ccccc3n2)cc1.c1ccc2c(c1)Cc1ccccc1-2. The normalized spacial score (nSPS) is 10.3. The lowest BCUT2D eigenvalue weighted by Gasteiger charge is -2.02. The van der Waals surface area contributed by atoms with Crippen LogP contribution in [0.2, 0.25) is 0 Å². The van der Waals surface area contributed by atoms with Gasteiger partial charge in [-0.3, -0.25) is 5.41 Å². The van der Waals surface area contributed by atoms with Gasteiger partial charge in [-0.05, 0) is 73.7 Å². The van der Waals surface area contributed by atoms with E-state index in [-0.39, 0.29) is 11.6 Å². The Bertz CT molecular complexity index is 2230. The lowest BCUT2D eigenvalue weighted by Crippen LogP contribution is -2.00. The summed E-state index contributed by atoms with van der Waals surface area (Å²) in [5, 5.41) is 8.64. The molecular weight excluding hydrogens is 649 g/mol. The highest BCUT2D eigenvalue weighted by Crippen LogP contribution is 2.35. The van der Waals surface area contributed by atoms with E-state index in [4.69, 9.17) is 11.1 Å². The van der Waals surface area contributed by atoms with Gasteiger partial charge < -0.3 is 10.5 Å². The van der Waals surface area contributed by atoms with Crippen molar-refractivity contribution in [2.24, 2.45) is 5.73 Å². The average Bonchev–Trinajstić information content (AvgIpc) is 3.57. The summed E-state index contributed by atoms with van der Waals surface area (Å²) in [4.78, 5) is 18.7. The van der Waals surface area contributed by atoms with Crippen molar-refractivity contribution in [3.05, 3.63) is 193 Å². The number of nitrogens with one attached hydrogen (secondary N) is 1. The number of aromatic nitrogens is 2. The molecule has 0 saturated carbocycles. The first-order valence-corrected chi connectivity index (χ1v) is 17.5. The number of benzene rings is 6. The third-order valence-corrected chi connectivity index (χ3v) is 8.04. The number of carbonyl (C=O) groups is 1. The Labute approximate surface area is 312 Å². The number of nitrogens with two attached hydrogens (primary N) is 1. The summed E-state index contributed by atoms with van der Waals surface area (Å²) in [6, 6.07) is 62.5. The van der Waals surface area contributed by atoms with Gasteiger partial charge in [-0.15, -0.1) is 0 Å². The largest absolute Gasteiger partial charge is 0.388 e. The average molecular weight is 693 g/mol. The van der Waals surface area contributed by atoms with Crippen LogP contribution in [0, 0.1) is 5.41 Å². The molecule has 0 unspecified atom stereocenters. The van der Waals surface area contributed by atoms with Gasteiger partial charge in [0, 0.05) is 21.9 Å². The number of hydrogen-bond donors (Lipinski definition) is 2. The van der Waals surface area contributed by atoms with Crippen LogP contribution in [0.15, 0.2) is 182 Å². The van der Waals surface area contributed by atoms with Crippen LogP contribution >= 0.6 is 0 Å². The number of para-hydroxylation sites is 2. The summed E-state index contributed by atoms with van der Waals surface area (Å²) in [6.07, 6.45) is 1.10. The van der Waals surface area contributed by atoms with Gasteiger partial charge in [-0.1, -0.05) is 158 Å². The molecule has 6 aromatic carbocycles. The predicted molar refractivity (Wildman–Crippen MR) is 223 cm³/mol. The monoisotopic (exact) mass is 692 g/mol. The lowest BCUT2D eigenvalue weighted by molar-refractivity contribution is -0.115. The molecule has 0 bridgehead atoms. The summed E-state index contributed by atoms with van der Waals surface area (Å²) in [7, 11) is 0. The summed E-state index contributed by atoms with van der Waals surface area (Å²) >= 11 is 0. The van der Waals surface area contributed by atoms with Crippen LogP contribution in [-0.2, 0) is 11.2 Å². The van der Waals surface area contributed by atoms with Crippen LogP contribution in [0.3, 0.4) is 0 Å². The van der Waals surface area contributed by atoms with Crippen LogP contribution in [-0.4, -0.2) is 21.6 Å². The topological polar surface area (TPSA) is 92.7 Å². The fraction of sp³-hybridized carbons (Fsp3) is 0.0833. The summed E-state index contributed by atoms with van der Waals surface area (Å²) < 4.78 is 0. The molecule has 1 aliphatic carbocycles. The van der Waals surface area contributed by atoms with E-state index in [1.807, 2.05) is 72.8 Å². The molecule has 1 aliphatic rings. The van der Waals surface area contributed by atoms with Crippen molar-refractivity contribution in [2.45, 2.75) is 27.2 Å². The smallest absolute Gasteiger partial charge is 0.126 e. The van der Waals surface area contributed by atoms with Crippen LogP contribution in [0.1, 0.15) is 31.9 Å². The first kappa shape index (κ1) is 37.5. The quantitative estimate of drug-likeness (QED) is 0.139. The first-order valence-electron chi connectivity index (χ1n) is 17.5. The van der Waals surface area contributed by atoms with Gasteiger partial charge in [-0.2, -0.15) is 0 Å². The second-order valence-electron chi connectivity index (χ2n) is 12.6. The molecule has 3 N–H and O–H groups in total. The van der Waals surface area contributed by atoms with Gasteiger partial charge in [0.1, 0.15) is 5.78 Å². The van der Waals surface area contributed by atoms with E-state index >= 15 is 0 Å². The van der Waals surface area contributed by atoms with Gasteiger partial charge in [0.15, 0.2) is 0 Å². The Morgan fingerprint density at radius 3 is 1.19 bits per heavy atom. The van der Waals surface area contributed by atoms with Gasteiger partial charge in [-0.25, -0.2) is 9.97 Å². The van der Waals surface area contributed by atoms with Crippen molar-refractivity contribution in [1.29, 1.82) is 5.41 Å². The molecule has 0 saturated heterocycles. The number of ketones is 1. The highest BCUT2D eigenvalue weighted by molar-refractivity contribution is 5.82. The first-order chi connectivity index (χ1) is 25.8. The van der Waals surface area contributed by atoms with Crippen molar-refractivity contribution >= 4 is 33.4 Å². The minimum absolute atomic E-state index is 0.167. The van der Waals surface area contributed by atoms with E-state index in [2.05, 4.69) is 119 Å². The molecule has 262 valence electrons. The maximum atomic E-state index is 9.44. The number of rotatable bonds is 2. The van der Waals surface area contributed by atoms with Crippen LogP contribution < -0.4 is 5.73 Å². The van der Waals surface area contributed by atoms with E-state index in [1.54, 1.807) is 0 Å². The van der Waals surface area contributed by atoms with E-state index in [9.17, 15) is 4.79 Å². The summed E-state index contributed by atoms with van der Waals surface area (Å²) in [5.41, 5.74) is 16.9. The third kappa shape index (κ3) is 11.1. The summed E-state index contributed by atoms with van der Waals surface area (Å²) in [5.74, 6) is 0.333. The second-order valence-corrected chi connectivity index (χ2v) is 12.6. The zero-order chi connectivity index (χ0) is 37.4. The fourth-order valence-electron chi connectivity index (χ4n) is 5.75. The predicted octanol–water partition coefficient (Wildman–Crippen LogP) is 11.6. The van der Waals surface area contributed by atoms with Crippen molar-refractivity contribution < 1.29 is 4.79 Å². The number of pyridine rings is 2. The molecule has 0 aliphatic heterocycles. The molecule has 53 heavy (non-hydrogen) atoms. The number of amidine groups is 1. The van der Waals surface area contributed by atoms with Crippen molar-refractivity contribution in [3.8, 4) is 33.6 Å². The zero-order valence-corrected chi connectivity index (χ0v) is 30.4. The van der Waals surface area contributed by atoms with Crippen LogP contribution in [0.4, 0.5) is 0 Å². The Kier molecular flexibility index (Phi) is 13.5. The molecule has 5 heteroatoms. The Hall–Kier alpha value is -6.72. The molecule has 0 radical (unpaired) electrons. The number of Topliss-reactive ketones (excluding diaryl/α,β-unsaturated/α-hetero) is 1. The number of hydrogen-bond acceptors (Lipinski definition) is 4. The Morgan fingerprint density at radius 1 is 0.472 bits per heavy atom. The molecule has 2 aromatic heterocycles. The van der Waals surface area contributed by atoms with E-state index in [0.29, 0.717) is 0 Å². The molecule has 9 rings (SSSR count). The Morgan fingerprint density at radius 2 is 0.792 bits per heavy atom. The van der Waals surface area contributed by atoms with Gasteiger partial charge in [0.25, 0.3) is 0 Å². The number of fused-ring (bicyclic) bond motifs is 5. The maximum absolute atomic E-state index is 9.44. The van der Waals surface area contributed by atoms with Crippen molar-refractivity contribution in [1.82, 2.24) is 9.97 Å². The molecule has 0 atom stereocenters. The highest BCUT2D eigenvalue weighted by Gasteiger charge is 2.15. The lowest BCUT2D eigenvalue weighted by atomic mass is 10.1. The minimum atomic E-state index is 0.167. The van der Waals surface area contributed by atoms with Crippen LogP contribution in [0.5, 0.6) is 0 Å². The molecule has 2 heterocycles. The highest BCUT2D eigenvalue weighted by atomic mass is 16.1. The van der Waals surface area contributed by atoms with E-state index < -0.39 is 0 Å². The third-order valence-electron chi connectivity index (χ3n) is 8.04. The molecule has 0 amide bonds. The van der Waals surface area contributed by atoms with Gasteiger partial charge >= 0.3 is 0 Å². The molecule has 5 nitrogen and oxygen atoms in total. The summed E-state index contributed by atoms with van der Waals surface area (Å²) in [6.45, 7) is 4.58. The molecular formula is C48H44N4O.